The molecule has 7 nitrogen and oxygen atoms in total. The van der Waals surface area contributed by atoms with E-state index < -0.39 is 11.9 Å². The molecule has 0 saturated heterocycles. The van der Waals surface area contributed by atoms with Crippen molar-refractivity contribution in [2.24, 2.45) is 0 Å². The summed E-state index contributed by atoms with van der Waals surface area (Å²) < 4.78 is 9.97. The maximum Gasteiger partial charge on any atom is 0.346 e. The van der Waals surface area contributed by atoms with Crippen LogP contribution in [0.3, 0.4) is 0 Å². The number of carbonyl (C=O) groups excluding carboxylic acids is 2. The highest BCUT2D eigenvalue weighted by molar-refractivity contribution is 6.05. The van der Waals surface area contributed by atoms with Gasteiger partial charge in [0.1, 0.15) is 5.56 Å². The van der Waals surface area contributed by atoms with Gasteiger partial charge in [-0.15, -0.1) is 0 Å². The topological polar surface area (TPSA) is 91.7 Å². The lowest BCUT2D eigenvalue weighted by atomic mass is 10.1. The highest BCUT2D eigenvalue weighted by Crippen LogP contribution is 2.27. The number of esters is 2. The normalized spacial score (nSPS) is 10.4. The maximum atomic E-state index is 12.4. The molecule has 2 aromatic heterocycles. The number of carbonyl (C=O) groups is 2. The van der Waals surface area contributed by atoms with Crippen LogP contribution in [0.5, 0.6) is 0 Å². The number of H-pyrrole nitrogens is 1. The van der Waals surface area contributed by atoms with E-state index in [4.69, 9.17) is 9.47 Å². The van der Waals surface area contributed by atoms with Crippen molar-refractivity contribution in [2.45, 2.75) is 13.5 Å². The second kappa shape index (κ2) is 8.27. The molecule has 0 aliphatic heterocycles. The van der Waals surface area contributed by atoms with Crippen molar-refractivity contribution >= 4 is 28.5 Å². The van der Waals surface area contributed by atoms with Crippen LogP contribution in [0.15, 0.2) is 48.9 Å². The van der Waals surface area contributed by atoms with Crippen molar-refractivity contribution in [2.75, 3.05) is 19.0 Å². The number of fused-ring (bicyclic) bond motifs is 1. The Morgan fingerprint density at radius 3 is 2.78 bits per heavy atom. The minimum Gasteiger partial charge on any atom is -0.465 e. The number of ether oxygens (including phenoxy) is 2. The van der Waals surface area contributed by atoms with E-state index in [1.807, 2.05) is 12.1 Å². The Balaban J connectivity index is 2.09. The average molecular weight is 366 g/mol. The first-order valence-electron chi connectivity index (χ1n) is 8.50. The van der Waals surface area contributed by atoms with E-state index >= 15 is 0 Å². The fraction of sp³-hybridized carbons (Fsp3) is 0.200. The van der Waals surface area contributed by atoms with Gasteiger partial charge in [0.05, 0.1) is 30.4 Å². The van der Waals surface area contributed by atoms with Crippen LogP contribution >= 0.6 is 0 Å². The number of methoxy groups -OCH3 is 1. The molecule has 0 fully saturated rings. The van der Waals surface area contributed by atoms with Gasteiger partial charge in [-0.2, -0.15) is 0 Å². The molecule has 0 bridgehead atoms. The standard InChI is InChI=1S/C20H19N3O4/c1-3-27-20(25)16-12-22-17-7-6-14(19(24)26-2)9-15(17)18(16)23-11-13-5-4-8-21-10-13/h4-10,12H,3,11H2,1-2H3,(H,22,23)/p+1. The molecule has 0 unspecified atom stereocenters. The molecule has 1 aromatic carbocycles. The lowest BCUT2D eigenvalue weighted by Crippen LogP contribution is -2.16. The zero-order chi connectivity index (χ0) is 19.2. The third-order valence-electron chi connectivity index (χ3n) is 4.04. The van der Waals surface area contributed by atoms with Gasteiger partial charge in [-0.1, -0.05) is 6.07 Å². The first-order chi connectivity index (χ1) is 13.1. The van der Waals surface area contributed by atoms with Crippen LogP contribution in [0.1, 0.15) is 33.2 Å². The van der Waals surface area contributed by atoms with Crippen LogP contribution in [0.25, 0.3) is 10.9 Å². The number of anilines is 1. The van der Waals surface area contributed by atoms with E-state index in [1.54, 1.807) is 43.7 Å². The van der Waals surface area contributed by atoms with Crippen LogP contribution in [-0.4, -0.2) is 30.6 Å². The Morgan fingerprint density at radius 2 is 2.07 bits per heavy atom. The zero-order valence-corrected chi connectivity index (χ0v) is 15.1. The largest absolute Gasteiger partial charge is 0.465 e. The molecule has 0 spiro atoms. The Labute approximate surface area is 156 Å². The van der Waals surface area contributed by atoms with Gasteiger partial charge in [0.2, 0.25) is 5.52 Å². The molecular formula is C20H20N3O4+. The van der Waals surface area contributed by atoms with Gasteiger partial charge in [0.25, 0.3) is 0 Å². The predicted octanol–water partition coefficient (Wildman–Crippen LogP) is 2.62. The molecule has 2 heterocycles. The third-order valence-corrected chi connectivity index (χ3v) is 4.04. The summed E-state index contributed by atoms with van der Waals surface area (Å²) in [7, 11) is 1.33. The molecule has 27 heavy (non-hydrogen) atoms. The highest BCUT2D eigenvalue weighted by Gasteiger charge is 2.21. The monoisotopic (exact) mass is 366 g/mol. The summed E-state index contributed by atoms with van der Waals surface area (Å²) in [5.74, 6) is -0.899. The van der Waals surface area contributed by atoms with Crippen molar-refractivity contribution in [1.29, 1.82) is 0 Å². The number of benzene rings is 1. The van der Waals surface area contributed by atoms with Gasteiger partial charge >= 0.3 is 11.9 Å². The quantitative estimate of drug-likeness (QED) is 0.674. The van der Waals surface area contributed by atoms with Gasteiger partial charge in [-0.3, -0.25) is 4.98 Å². The average Bonchev–Trinajstić information content (AvgIpc) is 2.71. The molecule has 2 N–H and O–H groups in total. The first-order valence-corrected chi connectivity index (χ1v) is 8.50. The molecule has 0 aliphatic carbocycles. The van der Waals surface area contributed by atoms with Crippen molar-refractivity contribution in [3.8, 4) is 0 Å². The van der Waals surface area contributed by atoms with E-state index in [-0.39, 0.29) is 6.61 Å². The lowest BCUT2D eigenvalue weighted by molar-refractivity contribution is -0.344. The molecule has 0 saturated carbocycles. The van der Waals surface area contributed by atoms with Gasteiger partial charge in [0, 0.05) is 25.0 Å². The van der Waals surface area contributed by atoms with Crippen molar-refractivity contribution in [1.82, 2.24) is 4.98 Å². The molecule has 138 valence electrons. The van der Waals surface area contributed by atoms with Crippen LogP contribution in [-0.2, 0) is 16.0 Å². The minimum absolute atomic E-state index is 0.265. The number of hydrogen-bond acceptors (Lipinski definition) is 6. The Kier molecular flexibility index (Phi) is 5.61. The summed E-state index contributed by atoms with van der Waals surface area (Å²) in [4.78, 5) is 31.5. The van der Waals surface area contributed by atoms with E-state index in [0.717, 1.165) is 11.1 Å². The Morgan fingerprint density at radius 1 is 1.22 bits per heavy atom. The number of aromatic amines is 1. The molecule has 0 aliphatic rings. The van der Waals surface area contributed by atoms with Crippen molar-refractivity contribution < 1.29 is 24.0 Å². The highest BCUT2D eigenvalue weighted by atomic mass is 16.5. The minimum atomic E-state index is -0.451. The molecule has 7 heteroatoms. The number of rotatable bonds is 6. The summed E-state index contributed by atoms with van der Waals surface area (Å²) in [6.45, 7) is 2.48. The van der Waals surface area contributed by atoms with Gasteiger partial charge in [-0.05, 0) is 30.7 Å². The van der Waals surface area contributed by atoms with Crippen LogP contribution in [0.4, 0.5) is 5.69 Å². The first kappa shape index (κ1) is 18.3. The fourth-order valence-electron chi connectivity index (χ4n) is 2.74. The van der Waals surface area contributed by atoms with Gasteiger partial charge < -0.3 is 14.8 Å². The van der Waals surface area contributed by atoms with Gasteiger partial charge in [0.15, 0.2) is 6.20 Å². The number of hydrogen-bond donors (Lipinski definition) is 1. The van der Waals surface area contributed by atoms with Crippen LogP contribution in [0, 0.1) is 0 Å². The van der Waals surface area contributed by atoms with E-state index in [9.17, 15) is 9.59 Å². The van der Waals surface area contributed by atoms with Gasteiger partial charge in [-0.25, -0.2) is 14.6 Å². The lowest BCUT2D eigenvalue weighted by Gasteiger charge is -2.12. The zero-order valence-electron chi connectivity index (χ0n) is 15.1. The third kappa shape index (κ3) is 4.03. The molecule has 0 atom stereocenters. The fourth-order valence-corrected chi connectivity index (χ4v) is 2.74. The van der Waals surface area contributed by atoms with E-state index in [1.165, 1.54) is 7.11 Å². The maximum absolute atomic E-state index is 12.4. The summed E-state index contributed by atoms with van der Waals surface area (Å²) >= 11 is 0. The van der Waals surface area contributed by atoms with E-state index in [2.05, 4.69) is 15.3 Å². The second-order valence-electron chi connectivity index (χ2n) is 5.76. The number of aromatic nitrogens is 2. The van der Waals surface area contributed by atoms with E-state index in [0.29, 0.717) is 28.7 Å². The predicted molar refractivity (Wildman–Crippen MR) is 99.4 cm³/mol. The molecule has 3 rings (SSSR count). The number of nitrogens with one attached hydrogen (secondary N) is 2. The number of pyridine rings is 2. The second-order valence-corrected chi connectivity index (χ2v) is 5.76. The summed E-state index contributed by atoms with van der Waals surface area (Å²) in [5.41, 5.74) is 3.05. The molecule has 0 radical (unpaired) electrons. The summed E-state index contributed by atoms with van der Waals surface area (Å²) in [5, 5.41) is 3.97. The van der Waals surface area contributed by atoms with Crippen LogP contribution < -0.4 is 10.3 Å². The molecule has 0 amide bonds. The SMILES string of the molecule is CCOC(=O)c1c[nH+]c2ccc(C(=O)OC)cc2c1NCc1cccnc1. The number of nitrogens with zero attached hydrogens (tertiary/aromatic N) is 1. The summed E-state index contributed by atoms with van der Waals surface area (Å²) in [6.07, 6.45) is 5.04. The molecule has 3 aromatic rings. The van der Waals surface area contributed by atoms with Crippen molar-refractivity contribution in [3.63, 3.8) is 0 Å². The smallest absolute Gasteiger partial charge is 0.346 e. The van der Waals surface area contributed by atoms with Crippen LogP contribution in [0.2, 0.25) is 0 Å². The Hall–Kier alpha value is -3.48. The Bertz CT molecular complexity index is 974. The summed E-state index contributed by atoms with van der Waals surface area (Å²) in [6, 6.07) is 8.90. The van der Waals surface area contributed by atoms with Crippen molar-refractivity contribution in [3.05, 3.63) is 65.6 Å². The molecular weight excluding hydrogens is 346 g/mol.